The molecule has 7 heteroatoms. The summed E-state index contributed by atoms with van der Waals surface area (Å²) in [4.78, 5) is 2.29. The second kappa shape index (κ2) is 7.36. The molecule has 0 fully saturated rings. The zero-order chi connectivity index (χ0) is 18.7. The number of sulfonamides is 1. The van der Waals surface area contributed by atoms with Crippen molar-refractivity contribution in [1.82, 2.24) is 4.31 Å². The number of hydrogen-bond acceptors (Lipinski definition) is 5. The van der Waals surface area contributed by atoms with Crippen LogP contribution in [-0.4, -0.2) is 45.5 Å². The molecule has 0 spiro atoms. The first-order valence-corrected chi connectivity index (χ1v) is 9.87. The van der Waals surface area contributed by atoms with Crippen LogP contribution in [-0.2, 0) is 10.0 Å². The van der Waals surface area contributed by atoms with Gasteiger partial charge in [0.05, 0.1) is 35.3 Å². The van der Waals surface area contributed by atoms with Crippen molar-refractivity contribution in [2.24, 2.45) is 0 Å². The van der Waals surface area contributed by atoms with Crippen molar-refractivity contribution < 1.29 is 13.2 Å². The topological polar surface area (TPSA) is 73.6 Å². The van der Waals surface area contributed by atoms with Crippen LogP contribution < -0.4 is 9.64 Å². The number of para-hydroxylation sites is 2. The second-order valence-corrected chi connectivity index (χ2v) is 8.22. The molecule has 0 amide bonds. The highest BCUT2D eigenvalue weighted by Gasteiger charge is 2.29. The highest BCUT2D eigenvalue weighted by atomic mass is 32.2. The summed E-state index contributed by atoms with van der Waals surface area (Å²) in [6.07, 6.45) is -0.274. The van der Waals surface area contributed by atoms with Crippen LogP contribution in [0.4, 0.5) is 5.69 Å². The van der Waals surface area contributed by atoms with E-state index >= 15 is 0 Å². The number of rotatable bonds is 5. The highest BCUT2D eigenvalue weighted by Crippen LogP contribution is 2.33. The van der Waals surface area contributed by atoms with Gasteiger partial charge in [0.1, 0.15) is 11.9 Å². The molecule has 0 saturated heterocycles. The maximum Gasteiger partial charge on any atom is 0.242 e. The fraction of sp³-hybridized carbons (Fsp3) is 0.316. The Balaban J connectivity index is 1.79. The largest absolute Gasteiger partial charge is 0.485 e. The molecule has 3 rings (SSSR count). The van der Waals surface area contributed by atoms with Gasteiger partial charge in [-0.05, 0) is 37.3 Å². The van der Waals surface area contributed by atoms with E-state index in [0.717, 1.165) is 18.0 Å². The number of hydrogen-bond donors (Lipinski definition) is 0. The van der Waals surface area contributed by atoms with E-state index < -0.39 is 10.0 Å². The summed E-state index contributed by atoms with van der Waals surface area (Å²) in [6.45, 7) is 3.72. The van der Waals surface area contributed by atoms with Gasteiger partial charge in [0.15, 0.2) is 0 Å². The molecular weight excluding hydrogens is 350 g/mol. The third kappa shape index (κ3) is 3.52. The number of nitrogens with zero attached hydrogens (tertiary/aromatic N) is 3. The van der Waals surface area contributed by atoms with Crippen molar-refractivity contribution in [2.45, 2.75) is 17.9 Å². The number of anilines is 1. The summed E-state index contributed by atoms with van der Waals surface area (Å²) < 4.78 is 32.9. The minimum Gasteiger partial charge on any atom is -0.485 e. The Hall–Kier alpha value is -2.56. The van der Waals surface area contributed by atoms with Crippen LogP contribution in [0.15, 0.2) is 53.4 Å². The maximum atomic E-state index is 12.8. The second-order valence-electron chi connectivity index (χ2n) is 6.17. The quantitative estimate of drug-likeness (QED) is 0.807. The Morgan fingerprint density at radius 1 is 1.27 bits per heavy atom. The molecule has 0 bridgehead atoms. The Labute approximate surface area is 154 Å². The fourth-order valence-corrected chi connectivity index (χ4v) is 4.31. The number of nitriles is 1. The lowest BCUT2D eigenvalue weighted by atomic mass is 10.2. The van der Waals surface area contributed by atoms with Crippen LogP contribution in [0.2, 0.25) is 0 Å². The molecule has 0 unspecified atom stereocenters. The van der Waals surface area contributed by atoms with E-state index in [0.29, 0.717) is 12.1 Å². The first-order valence-electron chi connectivity index (χ1n) is 8.43. The molecule has 136 valence electrons. The number of benzene rings is 2. The van der Waals surface area contributed by atoms with Crippen LogP contribution >= 0.6 is 0 Å². The van der Waals surface area contributed by atoms with E-state index in [1.165, 1.54) is 23.5 Å². The zero-order valence-electron chi connectivity index (χ0n) is 14.8. The Morgan fingerprint density at radius 3 is 2.77 bits per heavy atom. The van der Waals surface area contributed by atoms with E-state index in [1.807, 2.05) is 30.3 Å². The van der Waals surface area contributed by atoms with Crippen LogP contribution in [0.25, 0.3) is 0 Å². The van der Waals surface area contributed by atoms with Gasteiger partial charge in [-0.2, -0.15) is 9.57 Å². The summed E-state index contributed by atoms with van der Waals surface area (Å²) in [5.74, 6) is 0.767. The average Bonchev–Trinajstić information content (AvgIpc) is 2.67. The van der Waals surface area contributed by atoms with Crippen molar-refractivity contribution >= 4 is 15.7 Å². The first kappa shape index (κ1) is 18.2. The van der Waals surface area contributed by atoms with Crippen molar-refractivity contribution in [3.05, 3.63) is 54.1 Å². The summed E-state index contributed by atoms with van der Waals surface area (Å²) in [5.41, 5.74) is 1.35. The Morgan fingerprint density at radius 2 is 2.04 bits per heavy atom. The molecule has 26 heavy (non-hydrogen) atoms. The van der Waals surface area contributed by atoms with Gasteiger partial charge in [-0.3, -0.25) is 0 Å². The standard InChI is InChI=1S/C19H21N3O3S/c1-3-22-14-16(25-19-10-5-4-9-18(19)22)13-21(2)26(23,24)17-8-6-7-15(11-17)12-20/h4-11,16H,3,13-14H2,1-2H3/t16-/m0/s1. The van der Waals surface area contributed by atoms with Crippen molar-refractivity contribution in [3.8, 4) is 11.8 Å². The van der Waals surface area contributed by atoms with E-state index in [1.54, 1.807) is 12.1 Å². The Bertz CT molecular complexity index is 937. The molecule has 0 radical (unpaired) electrons. The van der Waals surface area contributed by atoms with Crippen molar-refractivity contribution in [2.75, 3.05) is 31.6 Å². The van der Waals surface area contributed by atoms with Crippen molar-refractivity contribution in [3.63, 3.8) is 0 Å². The molecular formula is C19H21N3O3S. The van der Waals surface area contributed by atoms with Gasteiger partial charge < -0.3 is 9.64 Å². The Kier molecular flexibility index (Phi) is 5.16. The fourth-order valence-electron chi connectivity index (χ4n) is 3.06. The smallest absolute Gasteiger partial charge is 0.242 e. The van der Waals surface area contributed by atoms with Crippen molar-refractivity contribution in [1.29, 1.82) is 5.26 Å². The van der Waals surface area contributed by atoms with E-state index in [2.05, 4.69) is 11.8 Å². The zero-order valence-corrected chi connectivity index (χ0v) is 15.6. The lowest BCUT2D eigenvalue weighted by Crippen LogP contribution is -2.46. The molecule has 1 aliphatic heterocycles. The molecule has 2 aromatic carbocycles. The molecule has 0 aliphatic carbocycles. The van der Waals surface area contributed by atoms with Crippen LogP contribution in [0.5, 0.6) is 5.75 Å². The summed E-state index contributed by atoms with van der Waals surface area (Å²) >= 11 is 0. The van der Waals surface area contributed by atoms with Gasteiger partial charge in [-0.1, -0.05) is 18.2 Å². The molecule has 0 N–H and O–H groups in total. The molecule has 0 aromatic heterocycles. The van der Waals surface area contributed by atoms with Gasteiger partial charge in [0.2, 0.25) is 10.0 Å². The monoisotopic (exact) mass is 371 g/mol. The summed E-state index contributed by atoms with van der Waals surface area (Å²) in [5, 5.41) is 8.99. The number of ether oxygens (including phenoxy) is 1. The van der Waals surface area contributed by atoms with Gasteiger partial charge >= 0.3 is 0 Å². The van der Waals surface area contributed by atoms with Gasteiger partial charge in [0.25, 0.3) is 0 Å². The molecule has 1 heterocycles. The lowest BCUT2D eigenvalue weighted by molar-refractivity contribution is 0.171. The molecule has 2 aromatic rings. The number of likely N-dealkylation sites (N-methyl/N-ethyl adjacent to an activating group) is 2. The first-order chi connectivity index (χ1) is 12.5. The minimum atomic E-state index is -3.69. The minimum absolute atomic E-state index is 0.114. The highest BCUT2D eigenvalue weighted by molar-refractivity contribution is 7.89. The predicted octanol–water partition coefficient (Wildman–Crippen LogP) is 2.47. The van der Waals surface area contributed by atoms with Gasteiger partial charge in [-0.15, -0.1) is 0 Å². The van der Waals surface area contributed by atoms with Gasteiger partial charge in [-0.25, -0.2) is 8.42 Å². The maximum absolute atomic E-state index is 12.8. The van der Waals surface area contributed by atoms with Crippen LogP contribution in [0.3, 0.4) is 0 Å². The molecule has 1 atom stereocenters. The van der Waals surface area contributed by atoms with Crippen LogP contribution in [0.1, 0.15) is 12.5 Å². The van der Waals surface area contributed by atoms with Crippen LogP contribution in [0, 0.1) is 11.3 Å². The summed E-state index contributed by atoms with van der Waals surface area (Å²) in [7, 11) is -2.15. The lowest BCUT2D eigenvalue weighted by Gasteiger charge is -2.36. The van der Waals surface area contributed by atoms with E-state index in [4.69, 9.17) is 10.00 Å². The SMILES string of the molecule is CCN1C[C@H](CN(C)S(=O)(=O)c2cccc(C#N)c2)Oc2ccccc21. The van der Waals surface area contributed by atoms with E-state index in [-0.39, 0.29) is 17.5 Å². The third-order valence-corrected chi connectivity index (χ3v) is 6.26. The van der Waals surface area contributed by atoms with E-state index in [9.17, 15) is 8.42 Å². The van der Waals surface area contributed by atoms with Gasteiger partial charge in [0, 0.05) is 13.6 Å². The average molecular weight is 371 g/mol. The normalized spacial score (nSPS) is 16.7. The molecule has 1 aliphatic rings. The summed E-state index contributed by atoms with van der Waals surface area (Å²) in [6, 6.07) is 15.8. The molecule has 0 saturated carbocycles. The number of fused-ring (bicyclic) bond motifs is 1. The molecule has 6 nitrogen and oxygen atoms in total. The third-order valence-electron chi connectivity index (χ3n) is 4.44. The predicted molar refractivity (Wildman–Crippen MR) is 99.7 cm³/mol.